The van der Waals surface area contributed by atoms with Crippen molar-refractivity contribution in [2.75, 3.05) is 33.4 Å². The Kier molecular flexibility index (Phi) is 4.63. The van der Waals surface area contributed by atoms with E-state index in [1.807, 2.05) is 4.90 Å². The maximum absolute atomic E-state index is 12.5. The minimum Gasteiger partial charge on any atom is -0.481 e. The number of carbonyl (C=O) groups excluding carboxylic acids is 1. The molecule has 1 saturated carbocycles. The minimum atomic E-state index is -0.799. The molecule has 0 aromatic heterocycles. The molecule has 1 N–H and O–H groups in total. The average Bonchev–Trinajstić information content (AvgIpc) is 3.23. The molecule has 1 heterocycles. The summed E-state index contributed by atoms with van der Waals surface area (Å²) < 4.78 is 5.04. The van der Waals surface area contributed by atoms with Gasteiger partial charge in [-0.15, -0.1) is 0 Å². The van der Waals surface area contributed by atoms with Crippen molar-refractivity contribution in [1.29, 1.82) is 0 Å². The predicted molar refractivity (Wildman–Crippen MR) is 68.9 cm³/mol. The van der Waals surface area contributed by atoms with Crippen LogP contribution in [0.4, 0.5) is 4.79 Å². The highest BCUT2D eigenvalue weighted by molar-refractivity contribution is 5.77. The summed E-state index contributed by atoms with van der Waals surface area (Å²) in [5, 5.41) is 9.07. The fraction of sp³-hybridized carbons (Fsp3) is 0.846. The second-order valence-electron chi connectivity index (χ2n) is 5.32. The number of likely N-dealkylation sites (tertiary alicyclic amines) is 1. The normalized spacial score (nSPS) is 23.2. The van der Waals surface area contributed by atoms with Crippen molar-refractivity contribution >= 4 is 12.0 Å². The predicted octanol–water partition coefficient (Wildman–Crippen LogP) is 1.01. The van der Waals surface area contributed by atoms with E-state index in [9.17, 15) is 9.59 Å². The molecule has 6 nitrogen and oxygen atoms in total. The van der Waals surface area contributed by atoms with Crippen molar-refractivity contribution < 1.29 is 19.4 Å². The van der Waals surface area contributed by atoms with Gasteiger partial charge in [0.2, 0.25) is 0 Å². The second kappa shape index (κ2) is 6.23. The Morgan fingerprint density at radius 1 is 1.37 bits per heavy atom. The second-order valence-corrected chi connectivity index (χ2v) is 5.32. The van der Waals surface area contributed by atoms with Gasteiger partial charge in [0.25, 0.3) is 0 Å². The first kappa shape index (κ1) is 14.1. The van der Waals surface area contributed by atoms with E-state index in [0.717, 1.165) is 19.3 Å². The molecule has 2 amide bonds. The van der Waals surface area contributed by atoms with Gasteiger partial charge in [0, 0.05) is 32.8 Å². The summed E-state index contributed by atoms with van der Waals surface area (Å²) in [7, 11) is 1.62. The number of carboxylic acids is 1. The van der Waals surface area contributed by atoms with Crippen LogP contribution in [0, 0.1) is 5.92 Å². The van der Waals surface area contributed by atoms with Gasteiger partial charge in [0.15, 0.2) is 0 Å². The van der Waals surface area contributed by atoms with Gasteiger partial charge in [-0.2, -0.15) is 0 Å². The van der Waals surface area contributed by atoms with Crippen LogP contribution in [0.3, 0.4) is 0 Å². The van der Waals surface area contributed by atoms with Crippen molar-refractivity contribution in [3.05, 3.63) is 0 Å². The first-order valence-corrected chi connectivity index (χ1v) is 6.90. The minimum absolute atomic E-state index is 0.0227. The molecule has 1 saturated heterocycles. The number of nitrogens with zero attached hydrogens (tertiary/aromatic N) is 2. The summed E-state index contributed by atoms with van der Waals surface area (Å²) in [4.78, 5) is 27.0. The van der Waals surface area contributed by atoms with Gasteiger partial charge in [0.1, 0.15) is 0 Å². The van der Waals surface area contributed by atoms with Crippen LogP contribution >= 0.6 is 0 Å². The van der Waals surface area contributed by atoms with Gasteiger partial charge in [-0.3, -0.25) is 4.79 Å². The molecule has 1 unspecified atom stereocenters. The van der Waals surface area contributed by atoms with Crippen molar-refractivity contribution in [2.45, 2.75) is 31.7 Å². The highest BCUT2D eigenvalue weighted by Gasteiger charge is 2.36. The molecule has 0 aromatic carbocycles. The zero-order valence-corrected chi connectivity index (χ0v) is 11.4. The number of rotatable bonds is 5. The number of aliphatic carboxylic acids is 1. The van der Waals surface area contributed by atoms with Gasteiger partial charge >= 0.3 is 12.0 Å². The third-order valence-electron chi connectivity index (χ3n) is 3.81. The lowest BCUT2D eigenvalue weighted by atomic mass is 9.98. The van der Waals surface area contributed by atoms with E-state index in [2.05, 4.69) is 0 Å². The molecular formula is C13H22N2O4. The molecule has 0 bridgehead atoms. The number of carboxylic acid groups (broad SMARTS) is 1. The fourth-order valence-electron chi connectivity index (χ4n) is 2.54. The molecule has 1 aliphatic heterocycles. The molecular weight excluding hydrogens is 248 g/mol. The number of carbonyl (C=O) groups is 2. The lowest BCUT2D eigenvalue weighted by Crippen LogP contribution is -2.50. The number of hydrogen-bond donors (Lipinski definition) is 1. The summed E-state index contributed by atoms with van der Waals surface area (Å²) in [6.07, 6.45) is 3.53. The van der Waals surface area contributed by atoms with Crippen LogP contribution in [0.5, 0.6) is 0 Å². The molecule has 6 heteroatoms. The van der Waals surface area contributed by atoms with E-state index in [4.69, 9.17) is 9.84 Å². The number of urea groups is 1. The summed E-state index contributed by atoms with van der Waals surface area (Å²) >= 11 is 0. The van der Waals surface area contributed by atoms with Crippen LogP contribution in [-0.4, -0.2) is 66.3 Å². The Labute approximate surface area is 113 Å². The molecule has 2 fully saturated rings. The third kappa shape index (κ3) is 3.59. The fourth-order valence-corrected chi connectivity index (χ4v) is 2.54. The van der Waals surface area contributed by atoms with E-state index in [1.54, 1.807) is 12.0 Å². The highest BCUT2D eigenvalue weighted by Crippen LogP contribution is 2.28. The quantitative estimate of drug-likeness (QED) is 0.809. The van der Waals surface area contributed by atoms with Crippen molar-refractivity contribution in [2.24, 2.45) is 5.92 Å². The molecule has 0 spiro atoms. The van der Waals surface area contributed by atoms with Gasteiger partial charge in [-0.1, -0.05) is 0 Å². The summed E-state index contributed by atoms with van der Waals surface area (Å²) in [6.45, 7) is 2.12. The SMILES string of the molecule is COCCN(C(=O)N1CCCC(C(=O)O)C1)C1CC1. The zero-order chi connectivity index (χ0) is 13.8. The molecule has 1 atom stereocenters. The van der Waals surface area contributed by atoms with Crippen LogP contribution in [-0.2, 0) is 9.53 Å². The highest BCUT2D eigenvalue weighted by atomic mass is 16.5. The molecule has 108 valence electrons. The first-order chi connectivity index (χ1) is 9.13. The van der Waals surface area contributed by atoms with Crippen LogP contribution in [0.25, 0.3) is 0 Å². The van der Waals surface area contributed by atoms with E-state index >= 15 is 0 Å². The van der Waals surface area contributed by atoms with E-state index in [1.165, 1.54) is 0 Å². The Balaban J connectivity index is 1.94. The van der Waals surface area contributed by atoms with Gasteiger partial charge < -0.3 is 19.6 Å². The maximum atomic E-state index is 12.5. The zero-order valence-electron chi connectivity index (χ0n) is 11.4. The summed E-state index contributed by atoms with van der Waals surface area (Å²) in [5.41, 5.74) is 0. The van der Waals surface area contributed by atoms with Crippen LogP contribution in [0.15, 0.2) is 0 Å². The largest absolute Gasteiger partial charge is 0.481 e. The van der Waals surface area contributed by atoms with Crippen molar-refractivity contribution in [3.8, 4) is 0 Å². The Bertz CT molecular complexity index is 344. The van der Waals surface area contributed by atoms with Crippen molar-refractivity contribution in [1.82, 2.24) is 9.80 Å². The summed E-state index contributed by atoms with van der Waals surface area (Å²) in [6, 6.07) is 0.304. The smallest absolute Gasteiger partial charge is 0.320 e. The van der Waals surface area contributed by atoms with E-state index in [0.29, 0.717) is 38.7 Å². The van der Waals surface area contributed by atoms with Crippen LogP contribution in [0.1, 0.15) is 25.7 Å². The van der Waals surface area contributed by atoms with E-state index in [-0.39, 0.29) is 6.03 Å². The standard InChI is InChI=1S/C13H22N2O4/c1-19-8-7-15(11-4-5-11)13(18)14-6-2-3-10(9-14)12(16)17/h10-11H,2-9H2,1H3,(H,16,17). The van der Waals surface area contributed by atoms with E-state index < -0.39 is 11.9 Å². The third-order valence-corrected chi connectivity index (χ3v) is 3.81. The molecule has 0 radical (unpaired) electrons. The Hall–Kier alpha value is -1.30. The summed E-state index contributed by atoms with van der Waals surface area (Å²) in [5.74, 6) is -1.21. The van der Waals surface area contributed by atoms with Crippen LogP contribution < -0.4 is 0 Å². The number of hydrogen-bond acceptors (Lipinski definition) is 3. The topological polar surface area (TPSA) is 70.1 Å². The number of amides is 2. The van der Waals surface area contributed by atoms with Crippen LogP contribution in [0.2, 0.25) is 0 Å². The van der Waals surface area contributed by atoms with Crippen molar-refractivity contribution in [3.63, 3.8) is 0 Å². The lowest BCUT2D eigenvalue weighted by Gasteiger charge is -2.35. The number of piperidine rings is 1. The monoisotopic (exact) mass is 270 g/mol. The molecule has 19 heavy (non-hydrogen) atoms. The lowest BCUT2D eigenvalue weighted by molar-refractivity contribution is -0.143. The molecule has 2 aliphatic rings. The van der Waals surface area contributed by atoms with Gasteiger partial charge in [0.05, 0.1) is 12.5 Å². The number of ether oxygens (including phenoxy) is 1. The maximum Gasteiger partial charge on any atom is 0.320 e. The molecule has 1 aliphatic carbocycles. The number of methoxy groups -OCH3 is 1. The van der Waals surface area contributed by atoms with Gasteiger partial charge in [-0.05, 0) is 25.7 Å². The Morgan fingerprint density at radius 3 is 2.68 bits per heavy atom. The molecule has 2 rings (SSSR count). The first-order valence-electron chi connectivity index (χ1n) is 6.90. The van der Waals surface area contributed by atoms with Gasteiger partial charge in [-0.25, -0.2) is 4.79 Å². The Morgan fingerprint density at radius 2 is 2.11 bits per heavy atom. The molecule has 0 aromatic rings. The average molecular weight is 270 g/mol.